The molecule has 0 saturated carbocycles. The molecule has 74 valence electrons. The summed E-state index contributed by atoms with van der Waals surface area (Å²) in [6, 6.07) is -1.45. The zero-order valence-electron chi connectivity index (χ0n) is 7.83. The van der Waals surface area contributed by atoms with E-state index in [0.29, 0.717) is 0 Å². The number of carboxylic acids is 1. The molecule has 0 aromatic heterocycles. The van der Waals surface area contributed by atoms with Crippen molar-refractivity contribution in [3.8, 4) is 0 Å². The maximum absolute atomic E-state index is 10.4. The largest absolute Gasteiger partial charge is 0.480 e. The number of carbonyl (C=O) groups excluding carboxylic acids is 1. The van der Waals surface area contributed by atoms with Crippen LogP contribution in [0.5, 0.6) is 0 Å². The summed E-state index contributed by atoms with van der Waals surface area (Å²) >= 11 is 0. The van der Waals surface area contributed by atoms with Gasteiger partial charge < -0.3 is 15.6 Å². The van der Waals surface area contributed by atoms with Gasteiger partial charge in [-0.3, -0.25) is 4.79 Å². The van der Waals surface area contributed by atoms with E-state index in [1.54, 1.807) is 20.8 Å². The molecule has 1 atom stereocenters. The number of aliphatic carboxylic acids is 1. The van der Waals surface area contributed by atoms with Crippen LogP contribution in [0.1, 0.15) is 20.8 Å². The molecule has 0 radical (unpaired) electrons. The van der Waals surface area contributed by atoms with Crippen molar-refractivity contribution in [3.63, 3.8) is 0 Å². The summed E-state index contributed by atoms with van der Waals surface area (Å²) in [5.74, 6) is -0.328. The van der Waals surface area contributed by atoms with Gasteiger partial charge in [-0.05, 0) is 20.8 Å². The summed E-state index contributed by atoms with van der Waals surface area (Å²) in [4.78, 5) is 20.7. The van der Waals surface area contributed by atoms with Crippen molar-refractivity contribution in [1.29, 1.82) is 0 Å². The molecule has 0 aromatic rings. The van der Waals surface area contributed by atoms with Crippen LogP contribution in [-0.4, -0.2) is 28.7 Å². The summed E-state index contributed by atoms with van der Waals surface area (Å²) in [5.41, 5.74) is 4.50. The first-order chi connectivity index (χ1) is 5.78. The molecule has 5 nitrogen and oxygen atoms in total. The van der Waals surface area contributed by atoms with Gasteiger partial charge in [-0.2, -0.15) is 0 Å². The number of rotatable bonds is 3. The van der Waals surface area contributed by atoms with Crippen LogP contribution < -0.4 is 5.73 Å². The van der Waals surface area contributed by atoms with E-state index in [1.807, 2.05) is 0 Å². The lowest BCUT2D eigenvalue weighted by Gasteiger charge is -2.22. The predicted octanol–water partition coefficient (Wildman–Crippen LogP) is -0.0711. The Bertz CT molecular complexity index is 247. The monoisotopic (exact) mass is 187 g/mol. The third-order valence-electron chi connectivity index (χ3n) is 1.07. The molecular weight excluding hydrogens is 174 g/mol. The Morgan fingerprint density at radius 2 is 2.00 bits per heavy atom. The van der Waals surface area contributed by atoms with Gasteiger partial charge in [0.2, 0.25) is 5.76 Å². The fourth-order valence-corrected chi connectivity index (χ4v) is 0.590. The van der Waals surface area contributed by atoms with E-state index in [0.717, 1.165) is 0 Å². The molecular formula is C8H13NO4. The molecule has 13 heavy (non-hydrogen) atoms. The molecule has 1 unspecified atom stereocenters. The van der Waals surface area contributed by atoms with Crippen LogP contribution in [0.15, 0.2) is 5.76 Å². The van der Waals surface area contributed by atoms with Gasteiger partial charge in [-0.25, -0.2) is 4.79 Å². The quantitative estimate of drug-likeness (QED) is 0.476. The van der Waals surface area contributed by atoms with Crippen LogP contribution in [0.2, 0.25) is 0 Å². The molecule has 0 aromatic carbocycles. The maximum Gasteiger partial charge on any atom is 0.329 e. The van der Waals surface area contributed by atoms with Crippen molar-refractivity contribution < 1.29 is 19.4 Å². The first kappa shape index (κ1) is 11.7. The molecule has 0 fully saturated rings. The minimum absolute atomic E-state index is 0.389. The van der Waals surface area contributed by atoms with Gasteiger partial charge in [0.25, 0.3) is 0 Å². The fraction of sp³-hybridized carbons (Fsp3) is 0.625. The normalized spacial score (nSPS) is 12.9. The summed E-state index contributed by atoms with van der Waals surface area (Å²) in [7, 11) is 0. The van der Waals surface area contributed by atoms with Crippen LogP contribution >= 0.6 is 0 Å². The van der Waals surface area contributed by atoms with Gasteiger partial charge in [-0.1, -0.05) is 0 Å². The highest BCUT2D eigenvalue weighted by Gasteiger charge is 2.24. The Morgan fingerprint density at radius 1 is 1.54 bits per heavy atom. The lowest BCUT2D eigenvalue weighted by atomic mass is 10.2. The molecule has 3 N–H and O–H groups in total. The van der Waals surface area contributed by atoms with E-state index in [9.17, 15) is 9.59 Å². The van der Waals surface area contributed by atoms with Crippen LogP contribution in [-0.2, 0) is 14.3 Å². The van der Waals surface area contributed by atoms with E-state index in [4.69, 9.17) is 15.6 Å². The lowest BCUT2D eigenvalue weighted by molar-refractivity contribution is -0.138. The maximum atomic E-state index is 10.4. The first-order valence-electron chi connectivity index (χ1n) is 3.70. The summed E-state index contributed by atoms with van der Waals surface area (Å²) in [6.07, 6.45) is 0. The zero-order valence-corrected chi connectivity index (χ0v) is 7.83. The molecule has 0 aliphatic rings. The lowest BCUT2D eigenvalue weighted by Crippen LogP contribution is -2.36. The van der Waals surface area contributed by atoms with Crippen molar-refractivity contribution in [1.82, 2.24) is 0 Å². The average molecular weight is 187 g/mol. The van der Waals surface area contributed by atoms with Crippen LogP contribution in [0, 0.1) is 0 Å². The number of hydrogen-bond acceptors (Lipinski definition) is 4. The summed E-state index contributed by atoms with van der Waals surface area (Å²) in [5, 5.41) is 8.48. The smallest absolute Gasteiger partial charge is 0.329 e. The van der Waals surface area contributed by atoms with Gasteiger partial charge in [-0.15, -0.1) is 0 Å². The van der Waals surface area contributed by atoms with Gasteiger partial charge in [0.1, 0.15) is 5.60 Å². The minimum Gasteiger partial charge on any atom is -0.480 e. The topological polar surface area (TPSA) is 89.6 Å². The number of carboxylic acid groups (broad SMARTS) is 1. The van der Waals surface area contributed by atoms with Gasteiger partial charge in [0.05, 0.1) is 0 Å². The Labute approximate surface area is 76.2 Å². The van der Waals surface area contributed by atoms with Crippen molar-refractivity contribution in [3.05, 3.63) is 5.76 Å². The number of ether oxygens (including phenoxy) is 1. The number of nitrogens with two attached hydrogens (primary N) is 1. The molecule has 0 amide bonds. The Morgan fingerprint density at radius 3 is 2.23 bits per heavy atom. The second-order valence-corrected chi connectivity index (χ2v) is 3.50. The van der Waals surface area contributed by atoms with Crippen molar-refractivity contribution in [2.75, 3.05) is 0 Å². The number of hydrogen-bond donors (Lipinski definition) is 2. The van der Waals surface area contributed by atoms with E-state index in [1.165, 1.54) is 5.94 Å². The third kappa shape index (κ3) is 4.30. The zero-order chi connectivity index (χ0) is 10.6. The highest BCUT2D eigenvalue weighted by atomic mass is 16.5. The molecule has 0 bridgehead atoms. The summed E-state index contributed by atoms with van der Waals surface area (Å²) < 4.78 is 5.00. The molecule has 0 aliphatic carbocycles. The van der Waals surface area contributed by atoms with E-state index in [2.05, 4.69) is 0 Å². The van der Waals surface area contributed by atoms with E-state index < -0.39 is 17.6 Å². The highest BCUT2D eigenvalue weighted by Crippen LogP contribution is 2.13. The second kappa shape index (κ2) is 4.07. The van der Waals surface area contributed by atoms with Crippen molar-refractivity contribution >= 4 is 11.9 Å². The molecule has 0 saturated heterocycles. The Hall–Kier alpha value is -1.32. The molecule has 0 heterocycles. The van der Waals surface area contributed by atoms with Crippen molar-refractivity contribution in [2.45, 2.75) is 32.4 Å². The highest BCUT2D eigenvalue weighted by molar-refractivity contribution is 5.79. The minimum atomic E-state index is -1.45. The van der Waals surface area contributed by atoms with Gasteiger partial charge in [0, 0.05) is 0 Å². The summed E-state index contributed by atoms with van der Waals surface area (Å²) in [6.45, 7) is 5.04. The third-order valence-corrected chi connectivity index (χ3v) is 1.07. The van der Waals surface area contributed by atoms with Crippen LogP contribution in [0.4, 0.5) is 0 Å². The van der Waals surface area contributed by atoms with Gasteiger partial charge >= 0.3 is 5.97 Å². The van der Waals surface area contributed by atoms with Gasteiger partial charge in [0.15, 0.2) is 12.0 Å². The predicted molar refractivity (Wildman–Crippen MR) is 45.7 cm³/mol. The number of carbonyl (C=O) groups is 1. The SMILES string of the molecule is CC(C)(C)OC(=C=O)C(N)C(=O)O. The molecule has 0 aliphatic heterocycles. The van der Waals surface area contributed by atoms with E-state index in [-0.39, 0.29) is 5.76 Å². The van der Waals surface area contributed by atoms with Crippen molar-refractivity contribution in [2.24, 2.45) is 5.73 Å². The second-order valence-electron chi connectivity index (χ2n) is 3.50. The van der Waals surface area contributed by atoms with E-state index >= 15 is 0 Å². The molecule has 0 rings (SSSR count). The molecule has 5 heteroatoms. The first-order valence-corrected chi connectivity index (χ1v) is 3.70. The standard InChI is InChI=1S/C8H13NO4/c1-8(2,3)13-5(4-10)6(9)7(11)12/h6H,9H2,1-3H3,(H,11,12). The fourth-order valence-electron chi connectivity index (χ4n) is 0.590. The average Bonchev–Trinajstić information content (AvgIpc) is 1.97. The van der Waals surface area contributed by atoms with Crippen LogP contribution in [0.3, 0.4) is 0 Å². The molecule has 0 spiro atoms. The Kier molecular flexibility index (Phi) is 3.66. The van der Waals surface area contributed by atoms with Crippen LogP contribution in [0.25, 0.3) is 0 Å². The Balaban J connectivity index is 4.57.